The van der Waals surface area contributed by atoms with E-state index in [0.29, 0.717) is 12.8 Å². The lowest BCUT2D eigenvalue weighted by molar-refractivity contribution is -0.150. The first-order chi connectivity index (χ1) is 22.0. The van der Waals surface area contributed by atoms with Crippen LogP contribution in [0.1, 0.15) is 163 Å². The maximum Gasteiger partial charge on any atom is 0.328 e. The van der Waals surface area contributed by atoms with Gasteiger partial charge in [0.15, 0.2) is 0 Å². The minimum absolute atomic E-state index is 0.0647. The van der Waals surface area contributed by atoms with Gasteiger partial charge in [-0.25, -0.2) is 4.79 Å². The number of aliphatic hydroxyl groups excluding tert-OH is 1. The molecule has 2 atom stereocenters. The molecule has 0 saturated heterocycles. The highest BCUT2D eigenvalue weighted by atomic mass is 16.5. The van der Waals surface area contributed by atoms with Gasteiger partial charge in [-0.15, -0.1) is 0 Å². The molecule has 0 unspecified atom stereocenters. The number of hydrogen-bond donors (Lipinski definition) is 4. The summed E-state index contributed by atoms with van der Waals surface area (Å²) < 4.78 is 5.70. The maximum atomic E-state index is 12.6. The van der Waals surface area contributed by atoms with Crippen molar-refractivity contribution in [3.63, 3.8) is 0 Å². The highest BCUT2D eigenvalue weighted by molar-refractivity contribution is 5.88. The van der Waals surface area contributed by atoms with Crippen LogP contribution in [0, 0.1) is 11.8 Å². The van der Waals surface area contributed by atoms with Crippen LogP contribution in [0.5, 0.6) is 0 Å². The van der Waals surface area contributed by atoms with E-state index in [4.69, 9.17) is 14.9 Å². The van der Waals surface area contributed by atoms with E-state index in [1.807, 2.05) is 6.08 Å². The predicted molar refractivity (Wildman–Crippen MR) is 185 cm³/mol. The first kappa shape index (κ1) is 43.6. The molecule has 2 amide bonds. The Kier molecular flexibility index (Phi) is 28.4. The molecule has 0 aromatic rings. The number of rotatable bonds is 31. The average molecular weight is 653 g/mol. The summed E-state index contributed by atoms with van der Waals surface area (Å²) in [5, 5.41) is 22.6. The number of allylic oxidation sites excluding steroid dienone is 2. The summed E-state index contributed by atoms with van der Waals surface area (Å²) in [5.41, 5.74) is 0. The van der Waals surface area contributed by atoms with Crippen molar-refractivity contribution in [2.75, 3.05) is 13.2 Å². The van der Waals surface area contributed by atoms with Crippen molar-refractivity contribution in [2.24, 2.45) is 11.8 Å². The molecule has 268 valence electrons. The normalized spacial score (nSPS) is 12.8. The third-order valence-electron chi connectivity index (χ3n) is 8.11. The van der Waals surface area contributed by atoms with Gasteiger partial charge in [-0.3, -0.25) is 14.4 Å². The topological polar surface area (TPSA) is 142 Å². The van der Waals surface area contributed by atoms with Crippen molar-refractivity contribution < 1.29 is 34.1 Å². The van der Waals surface area contributed by atoms with E-state index >= 15 is 0 Å². The number of carboxylic acid groups (broad SMARTS) is 1. The summed E-state index contributed by atoms with van der Waals surface area (Å²) >= 11 is 0. The van der Waals surface area contributed by atoms with Crippen LogP contribution in [-0.4, -0.2) is 59.3 Å². The molecular weight excluding hydrogens is 584 g/mol. The SMILES string of the molecule is CC(C)CCCCCCCC=CCCC(=O)O[C@@H](CCCCCCCCCCCC(C)C)CC(=O)NCC(=O)N[C@H](CO)C(=O)O. The lowest BCUT2D eigenvalue weighted by Crippen LogP contribution is -2.47. The number of unbranched alkanes of at least 4 members (excludes halogenated alkanes) is 13. The summed E-state index contributed by atoms with van der Waals surface area (Å²) in [6, 6.07) is -1.43. The molecule has 4 N–H and O–H groups in total. The van der Waals surface area contributed by atoms with Crippen LogP contribution in [0.3, 0.4) is 0 Å². The molecule has 0 aromatic heterocycles. The van der Waals surface area contributed by atoms with Crippen LogP contribution in [0.15, 0.2) is 12.2 Å². The van der Waals surface area contributed by atoms with Crippen LogP contribution in [-0.2, 0) is 23.9 Å². The van der Waals surface area contributed by atoms with Crippen LogP contribution in [0.4, 0.5) is 0 Å². The molecule has 0 aliphatic heterocycles. The molecule has 9 heteroatoms. The molecule has 0 aliphatic carbocycles. The molecule has 0 fully saturated rings. The van der Waals surface area contributed by atoms with Gasteiger partial charge in [-0.2, -0.15) is 0 Å². The van der Waals surface area contributed by atoms with Crippen molar-refractivity contribution in [3.05, 3.63) is 12.2 Å². The predicted octanol–water partition coefficient (Wildman–Crippen LogP) is 7.64. The molecule has 0 heterocycles. The smallest absolute Gasteiger partial charge is 0.328 e. The molecule has 0 aromatic carbocycles. The molecule has 0 spiro atoms. The molecular formula is C37H68N2O7. The number of nitrogens with one attached hydrogen (secondary N) is 2. The quantitative estimate of drug-likeness (QED) is 0.0343. The van der Waals surface area contributed by atoms with Gasteiger partial charge < -0.3 is 25.6 Å². The van der Waals surface area contributed by atoms with Gasteiger partial charge in [0.1, 0.15) is 12.1 Å². The molecule has 0 saturated carbocycles. The Balaban J connectivity index is 4.50. The Bertz CT molecular complexity index is 829. The standard InChI is InChI=1S/C37H68N2O7/c1-30(2)23-19-15-11-7-5-9-13-17-21-25-32(27-34(41)38-28-35(42)39-33(29-40)37(44)45)46-36(43)26-22-18-14-10-6-8-12-16-20-24-31(3)4/h14,18,30-33,40H,5-13,15-17,19-29H2,1-4H3,(H,38,41)(H,39,42)(H,44,45)/t32-,33+/m0/s1. The number of aliphatic hydroxyl groups is 1. The third kappa shape index (κ3) is 29.0. The molecule has 46 heavy (non-hydrogen) atoms. The van der Waals surface area contributed by atoms with Gasteiger partial charge in [0.25, 0.3) is 0 Å². The summed E-state index contributed by atoms with van der Waals surface area (Å²) in [6.07, 6.45) is 25.4. The Morgan fingerprint density at radius 2 is 1.13 bits per heavy atom. The molecule has 0 rings (SSSR count). The largest absolute Gasteiger partial charge is 0.480 e. The van der Waals surface area contributed by atoms with Gasteiger partial charge in [0.05, 0.1) is 19.6 Å². The number of carbonyl (C=O) groups is 4. The van der Waals surface area contributed by atoms with Gasteiger partial charge in [-0.1, -0.05) is 130 Å². The van der Waals surface area contributed by atoms with E-state index in [0.717, 1.165) is 43.9 Å². The Hall–Kier alpha value is -2.42. The summed E-state index contributed by atoms with van der Waals surface area (Å²) in [7, 11) is 0. The van der Waals surface area contributed by atoms with E-state index in [9.17, 15) is 19.2 Å². The number of carbonyl (C=O) groups excluding carboxylic acids is 3. The fourth-order valence-corrected chi connectivity index (χ4v) is 5.28. The number of amides is 2. The number of hydrogen-bond acceptors (Lipinski definition) is 6. The molecule has 0 radical (unpaired) electrons. The Morgan fingerprint density at radius 3 is 1.63 bits per heavy atom. The molecule has 0 bridgehead atoms. The van der Waals surface area contributed by atoms with Crippen LogP contribution in [0.2, 0.25) is 0 Å². The van der Waals surface area contributed by atoms with Crippen molar-refractivity contribution >= 4 is 23.8 Å². The van der Waals surface area contributed by atoms with Crippen LogP contribution < -0.4 is 10.6 Å². The van der Waals surface area contributed by atoms with Crippen LogP contribution in [0.25, 0.3) is 0 Å². The number of aliphatic carboxylic acids is 1. The Labute approximate surface area is 280 Å². The van der Waals surface area contributed by atoms with E-state index < -0.39 is 43.1 Å². The minimum Gasteiger partial charge on any atom is -0.480 e. The fraction of sp³-hybridized carbons (Fsp3) is 0.838. The van der Waals surface area contributed by atoms with E-state index in [-0.39, 0.29) is 18.8 Å². The number of carboxylic acids is 1. The lowest BCUT2D eigenvalue weighted by Gasteiger charge is -2.18. The van der Waals surface area contributed by atoms with Crippen molar-refractivity contribution in [3.8, 4) is 0 Å². The van der Waals surface area contributed by atoms with E-state index in [2.05, 4.69) is 44.4 Å². The van der Waals surface area contributed by atoms with Gasteiger partial charge >= 0.3 is 11.9 Å². The molecule has 9 nitrogen and oxygen atoms in total. The van der Waals surface area contributed by atoms with Crippen molar-refractivity contribution in [2.45, 2.75) is 175 Å². The zero-order valence-corrected chi connectivity index (χ0v) is 29.7. The molecule has 0 aliphatic rings. The number of ether oxygens (including phenoxy) is 1. The van der Waals surface area contributed by atoms with Gasteiger partial charge in [0, 0.05) is 6.42 Å². The van der Waals surface area contributed by atoms with Crippen LogP contribution >= 0.6 is 0 Å². The van der Waals surface area contributed by atoms with Gasteiger partial charge in [0.2, 0.25) is 11.8 Å². The van der Waals surface area contributed by atoms with Crippen molar-refractivity contribution in [1.29, 1.82) is 0 Å². The third-order valence-corrected chi connectivity index (χ3v) is 8.11. The number of esters is 1. The summed E-state index contributed by atoms with van der Waals surface area (Å²) in [6.45, 7) is 7.89. The zero-order valence-electron chi connectivity index (χ0n) is 29.7. The summed E-state index contributed by atoms with van der Waals surface area (Å²) in [5.74, 6) is -1.31. The highest BCUT2D eigenvalue weighted by Crippen LogP contribution is 2.16. The zero-order chi connectivity index (χ0) is 34.4. The second-order valence-electron chi connectivity index (χ2n) is 13.6. The lowest BCUT2D eigenvalue weighted by atomic mass is 10.0. The summed E-state index contributed by atoms with van der Waals surface area (Å²) in [4.78, 5) is 48.1. The maximum absolute atomic E-state index is 12.6. The monoisotopic (exact) mass is 653 g/mol. The average Bonchev–Trinajstić information content (AvgIpc) is 2.99. The van der Waals surface area contributed by atoms with Gasteiger partial charge in [-0.05, 0) is 43.9 Å². The minimum atomic E-state index is -1.43. The van der Waals surface area contributed by atoms with E-state index in [1.54, 1.807) is 0 Å². The highest BCUT2D eigenvalue weighted by Gasteiger charge is 2.21. The first-order valence-corrected chi connectivity index (χ1v) is 18.3. The Morgan fingerprint density at radius 1 is 0.652 bits per heavy atom. The second kappa shape index (κ2) is 29.9. The first-order valence-electron chi connectivity index (χ1n) is 18.3. The fourth-order valence-electron chi connectivity index (χ4n) is 5.28. The van der Waals surface area contributed by atoms with E-state index in [1.165, 1.54) is 77.0 Å². The second-order valence-corrected chi connectivity index (χ2v) is 13.6. The van der Waals surface area contributed by atoms with Crippen molar-refractivity contribution in [1.82, 2.24) is 10.6 Å².